The fraction of sp³-hybridized carbons (Fsp3) is 0. The molecule has 0 atom stereocenters. The number of hydrogen-bond donors (Lipinski definition) is 1. The summed E-state index contributed by atoms with van der Waals surface area (Å²) < 4.78 is 0.856. The zero-order chi connectivity index (χ0) is 7.56. The van der Waals surface area contributed by atoms with Crippen molar-refractivity contribution in [3.63, 3.8) is 0 Å². The molecule has 50 valence electrons. The Morgan fingerprint density at radius 2 is 2.20 bits per heavy atom. The molecule has 0 aliphatic heterocycles. The molecule has 1 nitrogen and oxygen atoms in total. The number of halogens is 1. The Morgan fingerprint density at radius 3 is 2.70 bits per heavy atom. The van der Waals surface area contributed by atoms with Gasteiger partial charge in [-0.15, -0.1) is 12.6 Å². The van der Waals surface area contributed by atoms with Gasteiger partial charge in [-0.3, -0.25) is 0 Å². The van der Waals surface area contributed by atoms with Gasteiger partial charge in [0.05, 0.1) is 5.56 Å². The molecule has 1 aromatic carbocycles. The van der Waals surface area contributed by atoms with Crippen LogP contribution in [0.1, 0.15) is 5.56 Å². The van der Waals surface area contributed by atoms with E-state index in [1.807, 2.05) is 18.2 Å². The van der Waals surface area contributed by atoms with Crippen molar-refractivity contribution in [3.05, 3.63) is 28.2 Å². The first-order valence-electron chi connectivity index (χ1n) is 2.63. The van der Waals surface area contributed by atoms with Gasteiger partial charge in [0.15, 0.2) is 0 Å². The smallest absolute Gasteiger partial charge is 0.100 e. The molecule has 0 saturated heterocycles. The molecule has 0 amide bonds. The van der Waals surface area contributed by atoms with Crippen LogP contribution in [0.3, 0.4) is 0 Å². The van der Waals surface area contributed by atoms with E-state index < -0.39 is 0 Å². The number of nitrogens with zero attached hydrogens (tertiary/aromatic N) is 1. The van der Waals surface area contributed by atoms with Gasteiger partial charge in [0.1, 0.15) is 6.07 Å². The van der Waals surface area contributed by atoms with E-state index in [1.54, 1.807) is 6.07 Å². The Labute approximate surface area is 73.2 Å². The highest BCUT2D eigenvalue weighted by atomic mass is 79.9. The summed E-state index contributed by atoms with van der Waals surface area (Å²) in [5.41, 5.74) is 0.595. The fourth-order valence-electron chi connectivity index (χ4n) is 0.606. The molecule has 0 spiro atoms. The lowest BCUT2D eigenvalue weighted by molar-refractivity contribution is 1.34. The molecule has 0 saturated carbocycles. The predicted molar refractivity (Wildman–Crippen MR) is 46.1 cm³/mol. The van der Waals surface area contributed by atoms with Crippen molar-refractivity contribution in [3.8, 4) is 6.07 Å². The summed E-state index contributed by atoms with van der Waals surface area (Å²) in [7, 11) is 0. The summed E-state index contributed by atoms with van der Waals surface area (Å²) >= 11 is 7.38. The summed E-state index contributed by atoms with van der Waals surface area (Å²) in [6.07, 6.45) is 0. The van der Waals surface area contributed by atoms with Crippen LogP contribution in [0.4, 0.5) is 0 Å². The second-order valence-electron chi connectivity index (χ2n) is 1.75. The van der Waals surface area contributed by atoms with Gasteiger partial charge in [-0.1, -0.05) is 6.07 Å². The van der Waals surface area contributed by atoms with Gasteiger partial charge in [-0.25, -0.2) is 0 Å². The zero-order valence-electron chi connectivity index (χ0n) is 5.00. The number of rotatable bonds is 0. The number of hydrogen-bond acceptors (Lipinski definition) is 2. The molecule has 1 aromatic rings. The second-order valence-corrected chi connectivity index (χ2v) is 3.05. The molecule has 1 rings (SSSR count). The highest BCUT2D eigenvalue weighted by Gasteiger charge is 1.99. The van der Waals surface area contributed by atoms with E-state index in [2.05, 4.69) is 28.6 Å². The van der Waals surface area contributed by atoms with Gasteiger partial charge in [0, 0.05) is 9.37 Å². The fourth-order valence-corrected chi connectivity index (χ4v) is 1.17. The molecule has 0 aliphatic rings. The van der Waals surface area contributed by atoms with E-state index in [1.165, 1.54) is 0 Å². The van der Waals surface area contributed by atoms with E-state index in [9.17, 15) is 0 Å². The average molecular weight is 214 g/mol. The number of benzene rings is 1. The van der Waals surface area contributed by atoms with Crippen LogP contribution in [0.25, 0.3) is 0 Å². The van der Waals surface area contributed by atoms with Crippen LogP contribution in [0, 0.1) is 11.3 Å². The van der Waals surface area contributed by atoms with E-state index in [0.717, 1.165) is 4.47 Å². The van der Waals surface area contributed by atoms with Crippen LogP contribution in [0.5, 0.6) is 0 Å². The van der Waals surface area contributed by atoms with E-state index in [0.29, 0.717) is 10.5 Å². The maximum atomic E-state index is 8.52. The quantitative estimate of drug-likeness (QED) is 0.659. The van der Waals surface area contributed by atoms with E-state index in [-0.39, 0.29) is 0 Å². The van der Waals surface area contributed by atoms with E-state index in [4.69, 9.17) is 5.26 Å². The zero-order valence-corrected chi connectivity index (χ0v) is 7.48. The van der Waals surface area contributed by atoms with Crippen LogP contribution >= 0.6 is 28.6 Å². The van der Waals surface area contributed by atoms with Gasteiger partial charge < -0.3 is 0 Å². The Balaban J connectivity index is 3.31. The predicted octanol–water partition coefficient (Wildman–Crippen LogP) is 2.61. The Morgan fingerprint density at radius 1 is 1.50 bits per heavy atom. The molecule has 0 aromatic heterocycles. The maximum Gasteiger partial charge on any atom is 0.100 e. The molecular weight excluding hydrogens is 210 g/mol. The SMILES string of the molecule is N#Cc1cccc(Br)c1S. The maximum absolute atomic E-state index is 8.52. The average Bonchev–Trinajstić information content (AvgIpc) is 1.95. The van der Waals surface area contributed by atoms with Crippen molar-refractivity contribution >= 4 is 28.6 Å². The van der Waals surface area contributed by atoms with Crippen molar-refractivity contribution in [2.45, 2.75) is 4.90 Å². The first-order chi connectivity index (χ1) is 4.75. The minimum Gasteiger partial charge on any atom is -0.192 e. The lowest BCUT2D eigenvalue weighted by Gasteiger charge is -1.96. The Kier molecular flexibility index (Phi) is 2.36. The van der Waals surface area contributed by atoms with Crippen LogP contribution in [-0.2, 0) is 0 Å². The van der Waals surface area contributed by atoms with Crippen molar-refractivity contribution in [1.82, 2.24) is 0 Å². The lowest BCUT2D eigenvalue weighted by Crippen LogP contribution is -1.77. The first kappa shape index (κ1) is 7.64. The van der Waals surface area contributed by atoms with Crippen molar-refractivity contribution in [1.29, 1.82) is 5.26 Å². The summed E-state index contributed by atoms with van der Waals surface area (Å²) in [6, 6.07) is 7.42. The molecular formula is C7H4BrNS. The molecule has 0 unspecified atom stereocenters. The third-order valence-electron chi connectivity index (χ3n) is 1.11. The molecule has 0 heterocycles. The standard InChI is InChI=1S/C7H4BrNS/c8-6-3-1-2-5(4-9)7(6)10/h1-3,10H. The van der Waals surface area contributed by atoms with Crippen molar-refractivity contribution in [2.24, 2.45) is 0 Å². The van der Waals surface area contributed by atoms with Crippen LogP contribution in [-0.4, -0.2) is 0 Å². The second kappa shape index (κ2) is 3.09. The third kappa shape index (κ3) is 1.34. The minimum atomic E-state index is 0.595. The van der Waals surface area contributed by atoms with Gasteiger partial charge in [0.25, 0.3) is 0 Å². The molecule has 3 heteroatoms. The highest BCUT2D eigenvalue weighted by molar-refractivity contribution is 9.10. The number of nitriles is 1. The minimum absolute atomic E-state index is 0.595. The molecule has 0 bridgehead atoms. The normalized spacial score (nSPS) is 8.90. The van der Waals surface area contributed by atoms with Gasteiger partial charge in [-0.2, -0.15) is 5.26 Å². The number of thiol groups is 1. The van der Waals surface area contributed by atoms with Gasteiger partial charge >= 0.3 is 0 Å². The molecule has 0 radical (unpaired) electrons. The summed E-state index contributed by atoms with van der Waals surface area (Å²) in [5.74, 6) is 0. The molecule has 0 fully saturated rings. The van der Waals surface area contributed by atoms with E-state index >= 15 is 0 Å². The van der Waals surface area contributed by atoms with Crippen molar-refractivity contribution in [2.75, 3.05) is 0 Å². The lowest BCUT2D eigenvalue weighted by atomic mass is 10.2. The topological polar surface area (TPSA) is 23.8 Å². The summed E-state index contributed by atoms with van der Waals surface area (Å²) in [4.78, 5) is 0.699. The third-order valence-corrected chi connectivity index (χ3v) is 2.56. The Hall–Kier alpha value is -0.460. The Bertz CT molecular complexity index is 290. The molecule has 0 N–H and O–H groups in total. The monoisotopic (exact) mass is 213 g/mol. The van der Waals surface area contributed by atoms with Crippen LogP contribution in [0.15, 0.2) is 27.6 Å². The highest BCUT2D eigenvalue weighted by Crippen LogP contribution is 2.23. The largest absolute Gasteiger partial charge is 0.192 e. The van der Waals surface area contributed by atoms with Gasteiger partial charge in [0.2, 0.25) is 0 Å². The summed E-state index contributed by atoms with van der Waals surface area (Å²) in [6.45, 7) is 0. The van der Waals surface area contributed by atoms with Crippen molar-refractivity contribution < 1.29 is 0 Å². The van der Waals surface area contributed by atoms with Crippen LogP contribution in [0.2, 0.25) is 0 Å². The van der Waals surface area contributed by atoms with Crippen LogP contribution < -0.4 is 0 Å². The molecule has 10 heavy (non-hydrogen) atoms. The summed E-state index contributed by atoms with van der Waals surface area (Å²) in [5, 5.41) is 8.52. The van der Waals surface area contributed by atoms with Gasteiger partial charge in [-0.05, 0) is 28.1 Å². The molecule has 0 aliphatic carbocycles. The first-order valence-corrected chi connectivity index (χ1v) is 3.87.